The van der Waals surface area contributed by atoms with Crippen LogP contribution in [0.5, 0.6) is 0 Å². The van der Waals surface area contributed by atoms with Crippen LogP contribution in [0.25, 0.3) is 5.57 Å². The number of nitrogens with one attached hydrogen (secondary N) is 1. The minimum atomic E-state index is -1.54. The highest BCUT2D eigenvalue weighted by Gasteiger charge is 2.22. The van der Waals surface area contributed by atoms with Gasteiger partial charge in [0.25, 0.3) is 0 Å². The quantitative estimate of drug-likeness (QED) is 0.646. The van der Waals surface area contributed by atoms with E-state index in [1.165, 1.54) is 6.08 Å². The van der Waals surface area contributed by atoms with Crippen molar-refractivity contribution >= 4 is 35.6 Å². The van der Waals surface area contributed by atoms with Crippen molar-refractivity contribution in [2.75, 3.05) is 11.9 Å². The fourth-order valence-corrected chi connectivity index (χ4v) is 2.36. The molecule has 3 N–H and O–H groups in total. The third kappa shape index (κ3) is 2.88. The molecule has 0 spiro atoms. The summed E-state index contributed by atoms with van der Waals surface area (Å²) in [6.07, 6.45) is 2.17. The van der Waals surface area contributed by atoms with Gasteiger partial charge in [0.05, 0.1) is 0 Å². The fourth-order valence-electron chi connectivity index (χ4n) is 2.00. The Morgan fingerprint density at radius 3 is 2.83 bits per heavy atom. The molecule has 0 aromatic heterocycles. The number of hydrogen-bond donors (Lipinski definition) is 2. The van der Waals surface area contributed by atoms with Crippen LogP contribution >= 0.6 is 18.5 Å². The number of halogens is 1. The van der Waals surface area contributed by atoms with Crippen LogP contribution in [-0.2, 0) is 9.95 Å². The minimum absolute atomic E-state index is 0.459. The molecule has 6 heteroatoms. The summed E-state index contributed by atoms with van der Waals surface area (Å²) >= 11 is 0. The number of benzene rings is 1. The lowest BCUT2D eigenvalue weighted by Gasteiger charge is -2.23. The van der Waals surface area contributed by atoms with Crippen molar-refractivity contribution in [1.82, 2.24) is 0 Å². The molecule has 1 amide bonds. The molecule has 0 radical (unpaired) electrons. The standard InChI is InChI=1S/C12H15FN2OP2/c13-12(17,18)8-1-2-9-7(5-11(14)16)3-4-15-10(9)6-8/h1-2,5-6,15H,3-4,17-18H2,(H2,14,16)/b7-5+. The Labute approximate surface area is 110 Å². The summed E-state index contributed by atoms with van der Waals surface area (Å²) in [5.74, 6) is -0.459. The van der Waals surface area contributed by atoms with Gasteiger partial charge in [0.1, 0.15) is 0 Å². The molecule has 96 valence electrons. The van der Waals surface area contributed by atoms with E-state index in [4.69, 9.17) is 5.73 Å². The van der Waals surface area contributed by atoms with Crippen LogP contribution in [0.4, 0.5) is 10.1 Å². The van der Waals surface area contributed by atoms with Gasteiger partial charge in [0.15, 0.2) is 5.15 Å². The topological polar surface area (TPSA) is 55.1 Å². The molecule has 0 bridgehead atoms. The lowest BCUT2D eigenvalue weighted by Crippen LogP contribution is -2.15. The zero-order chi connectivity index (χ0) is 13.3. The highest BCUT2D eigenvalue weighted by Crippen LogP contribution is 2.42. The number of alkyl halides is 1. The number of anilines is 1. The zero-order valence-corrected chi connectivity index (χ0v) is 12.1. The molecular formula is C12H15FN2OP2. The monoisotopic (exact) mass is 284 g/mol. The molecule has 1 aliphatic rings. The molecule has 0 saturated carbocycles. The van der Waals surface area contributed by atoms with Gasteiger partial charge in [0, 0.05) is 23.9 Å². The summed E-state index contributed by atoms with van der Waals surface area (Å²) in [6, 6.07) is 5.28. The third-order valence-corrected chi connectivity index (χ3v) is 3.50. The Kier molecular flexibility index (Phi) is 3.70. The number of amides is 1. The summed E-state index contributed by atoms with van der Waals surface area (Å²) in [4.78, 5) is 11.0. The molecule has 1 aliphatic heterocycles. The van der Waals surface area contributed by atoms with E-state index in [1.54, 1.807) is 12.1 Å². The number of nitrogens with two attached hydrogens (primary N) is 1. The molecule has 2 rings (SSSR count). The lowest BCUT2D eigenvalue weighted by molar-refractivity contribution is -0.113. The second-order valence-electron chi connectivity index (χ2n) is 4.28. The highest BCUT2D eigenvalue weighted by atomic mass is 31.1. The van der Waals surface area contributed by atoms with Crippen molar-refractivity contribution in [2.45, 2.75) is 11.6 Å². The van der Waals surface area contributed by atoms with Crippen molar-refractivity contribution < 1.29 is 9.18 Å². The number of rotatable bonds is 2. The predicted octanol–water partition coefficient (Wildman–Crippen LogP) is 2.20. The molecular weight excluding hydrogens is 269 g/mol. The van der Waals surface area contributed by atoms with Crippen LogP contribution in [0.2, 0.25) is 0 Å². The Morgan fingerprint density at radius 1 is 1.50 bits per heavy atom. The van der Waals surface area contributed by atoms with Gasteiger partial charge in [0.2, 0.25) is 5.91 Å². The molecule has 2 unspecified atom stereocenters. The highest BCUT2D eigenvalue weighted by molar-refractivity contribution is 7.38. The van der Waals surface area contributed by atoms with Gasteiger partial charge in [-0.1, -0.05) is 30.6 Å². The van der Waals surface area contributed by atoms with E-state index < -0.39 is 11.1 Å². The number of hydrogen-bond acceptors (Lipinski definition) is 2. The summed E-state index contributed by atoms with van der Waals surface area (Å²) in [7, 11) is 4.28. The number of fused-ring (bicyclic) bond motifs is 1. The van der Waals surface area contributed by atoms with Crippen molar-refractivity contribution in [3.05, 3.63) is 35.4 Å². The largest absolute Gasteiger partial charge is 0.384 e. The Bertz CT molecular complexity index is 523. The molecule has 0 aliphatic carbocycles. The first kappa shape index (κ1) is 13.5. The minimum Gasteiger partial charge on any atom is -0.384 e. The van der Waals surface area contributed by atoms with Crippen molar-refractivity contribution in [3.63, 3.8) is 0 Å². The number of carbonyl (C=O) groups excluding carboxylic acids is 1. The summed E-state index contributed by atoms with van der Waals surface area (Å²) in [5, 5.41) is 1.66. The van der Waals surface area contributed by atoms with Crippen LogP contribution in [-0.4, -0.2) is 12.5 Å². The van der Waals surface area contributed by atoms with Crippen LogP contribution < -0.4 is 11.1 Å². The molecule has 0 fully saturated rings. The molecule has 1 aromatic rings. The maximum atomic E-state index is 13.8. The van der Waals surface area contributed by atoms with Gasteiger partial charge in [-0.05, 0) is 23.6 Å². The fraction of sp³-hybridized carbons (Fsp3) is 0.250. The number of primary amides is 1. The van der Waals surface area contributed by atoms with Crippen molar-refractivity contribution in [3.8, 4) is 0 Å². The van der Waals surface area contributed by atoms with Gasteiger partial charge in [-0.25, -0.2) is 4.39 Å². The average molecular weight is 284 g/mol. The van der Waals surface area contributed by atoms with Crippen LogP contribution in [0.15, 0.2) is 24.3 Å². The third-order valence-electron chi connectivity index (χ3n) is 2.83. The van der Waals surface area contributed by atoms with E-state index in [1.807, 2.05) is 6.07 Å². The smallest absolute Gasteiger partial charge is 0.241 e. The van der Waals surface area contributed by atoms with Crippen molar-refractivity contribution in [1.29, 1.82) is 0 Å². The molecule has 1 aromatic carbocycles. The molecule has 1 heterocycles. The maximum Gasteiger partial charge on any atom is 0.241 e. The normalized spacial score (nSPS) is 17.2. The molecule has 3 nitrogen and oxygen atoms in total. The van der Waals surface area contributed by atoms with E-state index in [0.717, 1.165) is 23.2 Å². The summed E-state index contributed by atoms with van der Waals surface area (Å²) in [5.41, 5.74) is 8.35. The van der Waals surface area contributed by atoms with Crippen molar-refractivity contribution in [2.24, 2.45) is 5.73 Å². The van der Waals surface area contributed by atoms with Crippen LogP contribution in [0.3, 0.4) is 0 Å². The van der Waals surface area contributed by atoms with E-state index in [9.17, 15) is 9.18 Å². The first-order chi connectivity index (χ1) is 8.38. The zero-order valence-electron chi connectivity index (χ0n) is 9.74. The summed E-state index contributed by atoms with van der Waals surface area (Å²) in [6.45, 7) is 0.711. The van der Waals surface area contributed by atoms with Gasteiger partial charge < -0.3 is 11.1 Å². The van der Waals surface area contributed by atoms with E-state index in [0.29, 0.717) is 12.1 Å². The van der Waals surface area contributed by atoms with E-state index >= 15 is 0 Å². The first-order valence-electron chi connectivity index (χ1n) is 5.53. The molecule has 18 heavy (non-hydrogen) atoms. The van der Waals surface area contributed by atoms with E-state index in [-0.39, 0.29) is 0 Å². The van der Waals surface area contributed by atoms with Gasteiger partial charge in [-0.15, -0.1) is 0 Å². The summed E-state index contributed by atoms with van der Waals surface area (Å²) < 4.78 is 13.8. The van der Waals surface area contributed by atoms with Gasteiger partial charge in [-0.2, -0.15) is 0 Å². The molecule has 2 atom stereocenters. The second kappa shape index (κ2) is 4.95. The second-order valence-corrected chi connectivity index (χ2v) is 6.62. The van der Waals surface area contributed by atoms with Crippen LogP contribution in [0.1, 0.15) is 17.5 Å². The average Bonchev–Trinajstić information content (AvgIpc) is 2.27. The van der Waals surface area contributed by atoms with Gasteiger partial charge >= 0.3 is 0 Å². The molecule has 0 saturated heterocycles. The Balaban J connectivity index is 2.46. The lowest BCUT2D eigenvalue weighted by atomic mass is 9.95. The Hall–Kier alpha value is -0.980. The van der Waals surface area contributed by atoms with Gasteiger partial charge in [-0.3, -0.25) is 4.79 Å². The predicted molar refractivity (Wildman–Crippen MR) is 78.9 cm³/mol. The number of carbonyl (C=O) groups is 1. The first-order valence-corrected chi connectivity index (χ1v) is 6.69. The van der Waals surface area contributed by atoms with E-state index in [2.05, 4.69) is 23.8 Å². The maximum absolute atomic E-state index is 13.8. The Morgan fingerprint density at radius 2 is 2.22 bits per heavy atom. The SMILES string of the molecule is NC(=O)/C=C1\CCNc2cc(C(F)(P)P)ccc21. The van der Waals surface area contributed by atoms with Crippen LogP contribution in [0, 0.1) is 0 Å².